The van der Waals surface area contributed by atoms with E-state index in [2.05, 4.69) is 21.8 Å². The predicted octanol–water partition coefficient (Wildman–Crippen LogP) is 2.23. The van der Waals surface area contributed by atoms with Crippen LogP contribution in [0, 0.1) is 12.8 Å². The van der Waals surface area contributed by atoms with E-state index in [1.165, 1.54) is 6.42 Å². The van der Waals surface area contributed by atoms with Crippen molar-refractivity contribution in [1.29, 1.82) is 0 Å². The molecule has 1 aliphatic rings. The van der Waals surface area contributed by atoms with Crippen LogP contribution in [0.1, 0.15) is 48.6 Å². The molecule has 0 saturated carbocycles. The van der Waals surface area contributed by atoms with Crippen molar-refractivity contribution in [2.75, 3.05) is 19.7 Å². The van der Waals surface area contributed by atoms with Gasteiger partial charge in [-0.05, 0) is 39.2 Å². The lowest BCUT2D eigenvalue weighted by molar-refractivity contribution is 0.0526. The van der Waals surface area contributed by atoms with Gasteiger partial charge in [0.25, 0.3) is 5.56 Å². The van der Waals surface area contributed by atoms with E-state index in [1.807, 2.05) is 0 Å². The van der Waals surface area contributed by atoms with E-state index in [-0.39, 0.29) is 28.8 Å². The van der Waals surface area contributed by atoms with Crippen LogP contribution in [-0.2, 0) is 11.3 Å². The molecule has 0 spiro atoms. The molecule has 1 N–H and O–H groups in total. The summed E-state index contributed by atoms with van der Waals surface area (Å²) in [5, 5.41) is 0.168. The molecule has 7 nitrogen and oxygen atoms in total. The zero-order valence-corrected chi connectivity index (χ0v) is 14.3. The monoisotopic (exact) mass is 333 g/mol. The Labute approximate surface area is 140 Å². The van der Waals surface area contributed by atoms with Crippen LogP contribution in [0.4, 0.5) is 0 Å². The van der Waals surface area contributed by atoms with E-state index in [4.69, 9.17) is 9.15 Å². The smallest absolute Gasteiger partial charge is 0.342 e. The standard InChI is InChI=1S/C17H23N3O4/c1-4-23-17(22)13-11(3)24-16-14(13)15(21)18-12(19-16)9-20-7-5-6-10(2)8-20/h10H,4-9H2,1-3H3,(H,18,19,21)/t10-/m1/s1. The third kappa shape index (κ3) is 3.21. The fourth-order valence-corrected chi connectivity index (χ4v) is 3.33. The lowest BCUT2D eigenvalue weighted by Crippen LogP contribution is -2.34. The van der Waals surface area contributed by atoms with Gasteiger partial charge >= 0.3 is 5.97 Å². The number of rotatable bonds is 4. The second-order valence-electron chi connectivity index (χ2n) is 6.43. The van der Waals surface area contributed by atoms with Gasteiger partial charge in [-0.2, -0.15) is 4.98 Å². The number of ether oxygens (including phenoxy) is 1. The molecule has 1 aliphatic heterocycles. The number of aromatic nitrogens is 2. The molecule has 0 bridgehead atoms. The van der Waals surface area contributed by atoms with Gasteiger partial charge in [0.1, 0.15) is 22.5 Å². The van der Waals surface area contributed by atoms with Gasteiger partial charge in [-0.15, -0.1) is 0 Å². The zero-order chi connectivity index (χ0) is 17.3. The maximum Gasteiger partial charge on any atom is 0.342 e. The van der Waals surface area contributed by atoms with Crippen molar-refractivity contribution in [1.82, 2.24) is 14.9 Å². The Kier molecular flexibility index (Phi) is 4.71. The molecular formula is C17H23N3O4. The van der Waals surface area contributed by atoms with Gasteiger partial charge in [-0.3, -0.25) is 9.69 Å². The van der Waals surface area contributed by atoms with Gasteiger partial charge in [-0.1, -0.05) is 6.92 Å². The number of hydrogen-bond acceptors (Lipinski definition) is 6. The molecule has 0 unspecified atom stereocenters. The molecule has 0 radical (unpaired) electrons. The van der Waals surface area contributed by atoms with Crippen molar-refractivity contribution in [3.05, 3.63) is 27.5 Å². The lowest BCUT2D eigenvalue weighted by Gasteiger charge is -2.30. The van der Waals surface area contributed by atoms with E-state index < -0.39 is 5.97 Å². The van der Waals surface area contributed by atoms with Crippen LogP contribution in [-0.4, -0.2) is 40.5 Å². The number of nitrogens with one attached hydrogen (secondary N) is 1. The highest BCUT2D eigenvalue weighted by atomic mass is 16.5. The fourth-order valence-electron chi connectivity index (χ4n) is 3.33. The quantitative estimate of drug-likeness (QED) is 0.863. The normalized spacial score (nSPS) is 18.9. The Morgan fingerprint density at radius 1 is 1.50 bits per heavy atom. The fraction of sp³-hybridized carbons (Fsp3) is 0.588. The van der Waals surface area contributed by atoms with E-state index in [0.717, 1.165) is 19.5 Å². The van der Waals surface area contributed by atoms with Gasteiger partial charge in [0, 0.05) is 6.54 Å². The molecule has 24 heavy (non-hydrogen) atoms. The first-order valence-corrected chi connectivity index (χ1v) is 8.41. The van der Waals surface area contributed by atoms with E-state index in [0.29, 0.717) is 24.0 Å². The van der Waals surface area contributed by atoms with Crippen molar-refractivity contribution in [3.8, 4) is 0 Å². The Balaban J connectivity index is 1.93. The third-order valence-corrected chi connectivity index (χ3v) is 4.38. The maximum atomic E-state index is 12.5. The maximum absolute atomic E-state index is 12.5. The average molecular weight is 333 g/mol. The molecule has 7 heteroatoms. The van der Waals surface area contributed by atoms with Gasteiger partial charge < -0.3 is 14.1 Å². The summed E-state index contributed by atoms with van der Waals surface area (Å²) >= 11 is 0. The first-order chi connectivity index (χ1) is 11.5. The predicted molar refractivity (Wildman–Crippen MR) is 89.0 cm³/mol. The largest absolute Gasteiger partial charge is 0.462 e. The van der Waals surface area contributed by atoms with Crippen LogP contribution >= 0.6 is 0 Å². The number of H-pyrrole nitrogens is 1. The lowest BCUT2D eigenvalue weighted by atomic mass is 10.0. The van der Waals surface area contributed by atoms with E-state index >= 15 is 0 Å². The number of carbonyl (C=O) groups excluding carboxylic acids is 1. The van der Waals surface area contributed by atoms with Gasteiger partial charge in [0.2, 0.25) is 5.71 Å². The molecule has 0 amide bonds. The Morgan fingerprint density at radius 2 is 2.29 bits per heavy atom. The number of piperidine rings is 1. The minimum atomic E-state index is -0.557. The third-order valence-electron chi connectivity index (χ3n) is 4.38. The van der Waals surface area contributed by atoms with Crippen LogP contribution in [0.3, 0.4) is 0 Å². The minimum absolute atomic E-state index is 0.166. The van der Waals surface area contributed by atoms with Crippen LogP contribution in [0.2, 0.25) is 0 Å². The van der Waals surface area contributed by atoms with Crippen LogP contribution < -0.4 is 5.56 Å². The van der Waals surface area contributed by atoms with E-state index in [9.17, 15) is 9.59 Å². The molecule has 0 aliphatic carbocycles. The first kappa shape index (κ1) is 16.7. The number of hydrogen-bond donors (Lipinski definition) is 1. The molecule has 1 atom stereocenters. The summed E-state index contributed by atoms with van der Waals surface area (Å²) in [4.78, 5) is 34.0. The second kappa shape index (κ2) is 6.76. The second-order valence-corrected chi connectivity index (χ2v) is 6.43. The highest BCUT2D eigenvalue weighted by Gasteiger charge is 2.24. The number of likely N-dealkylation sites (tertiary alicyclic amines) is 1. The first-order valence-electron chi connectivity index (χ1n) is 8.41. The Hall–Kier alpha value is -2.15. The number of nitrogens with zero attached hydrogens (tertiary/aromatic N) is 2. The number of aromatic amines is 1. The topological polar surface area (TPSA) is 88.4 Å². The van der Waals surface area contributed by atoms with Gasteiger partial charge in [0.15, 0.2) is 0 Å². The number of esters is 1. The van der Waals surface area contributed by atoms with Crippen LogP contribution in [0.15, 0.2) is 9.21 Å². The summed E-state index contributed by atoms with van der Waals surface area (Å²) < 4.78 is 10.6. The number of aryl methyl sites for hydroxylation is 1. The van der Waals surface area contributed by atoms with Crippen molar-refractivity contribution in [3.63, 3.8) is 0 Å². The number of fused-ring (bicyclic) bond motifs is 1. The number of carbonyl (C=O) groups is 1. The van der Waals surface area contributed by atoms with Crippen molar-refractivity contribution >= 4 is 17.1 Å². The molecule has 0 aromatic carbocycles. The van der Waals surface area contributed by atoms with Crippen molar-refractivity contribution < 1.29 is 13.9 Å². The summed E-state index contributed by atoms with van der Waals surface area (Å²) in [6.07, 6.45) is 2.39. The minimum Gasteiger partial charge on any atom is -0.462 e. The summed E-state index contributed by atoms with van der Waals surface area (Å²) in [6, 6.07) is 0. The highest BCUT2D eigenvalue weighted by molar-refractivity contribution is 6.03. The van der Waals surface area contributed by atoms with Crippen molar-refractivity contribution in [2.45, 2.75) is 40.2 Å². The molecular weight excluding hydrogens is 310 g/mol. The summed E-state index contributed by atoms with van der Waals surface area (Å²) in [5.41, 5.74) is -0.00179. The average Bonchev–Trinajstić information content (AvgIpc) is 2.84. The molecule has 3 rings (SSSR count). The highest BCUT2D eigenvalue weighted by Crippen LogP contribution is 2.22. The van der Waals surface area contributed by atoms with Gasteiger partial charge in [-0.25, -0.2) is 4.79 Å². The molecule has 2 aromatic heterocycles. The van der Waals surface area contributed by atoms with Crippen LogP contribution in [0.25, 0.3) is 11.1 Å². The Bertz CT molecular complexity index is 808. The molecule has 130 valence electrons. The number of furan rings is 1. The Morgan fingerprint density at radius 3 is 3.00 bits per heavy atom. The molecule has 1 fully saturated rings. The molecule has 3 heterocycles. The zero-order valence-electron chi connectivity index (χ0n) is 14.3. The summed E-state index contributed by atoms with van der Waals surface area (Å²) in [6.45, 7) is 8.39. The van der Waals surface area contributed by atoms with Gasteiger partial charge in [0.05, 0.1) is 13.2 Å². The van der Waals surface area contributed by atoms with Crippen LogP contribution in [0.5, 0.6) is 0 Å². The van der Waals surface area contributed by atoms with Crippen molar-refractivity contribution in [2.24, 2.45) is 5.92 Å². The molecule has 2 aromatic rings. The van der Waals surface area contributed by atoms with E-state index in [1.54, 1.807) is 13.8 Å². The molecule has 1 saturated heterocycles. The summed E-state index contributed by atoms with van der Waals surface area (Å²) in [5.74, 6) is 1.00. The SMILES string of the molecule is CCOC(=O)c1c(C)oc2nc(CN3CCC[C@@H](C)C3)[nH]c(=O)c12. The summed E-state index contributed by atoms with van der Waals surface area (Å²) in [7, 11) is 0.